The van der Waals surface area contributed by atoms with E-state index in [0.717, 1.165) is 28.9 Å². The summed E-state index contributed by atoms with van der Waals surface area (Å²) in [4.78, 5) is 34.3. The van der Waals surface area contributed by atoms with E-state index in [9.17, 15) is 9.59 Å². The summed E-state index contributed by atoms with van der Waals surface area (Å²) in [6.45, 7) is 4.21. The number of hydrogen-bond donors (Lipinski definition) is 3. The van der Waals surface area contributed by atoms with Crippen LogP contribution in [0.5, 0.6) is 5.88 Å². The Kier molecular flexibility index (Phi) is 8.67. The summed E-state index contributed by atoms with van der Waals surface area (Å²) < 4.78 is 6.88. The number of carbonyl (C=O) groups is 1. The van der Waals surface area contributed by atoms with Crippen LogP contribution in [0.1, 0.15) is 29.8 Å². The molecule has 1 atom stereocenters. The minimum Gasteiger partial charge on any atom is -0.475 e. The van der Waals surface area contributed by atoms with Gasteiger partial charge in [-0.3, -0.25) is 14.2 Å². The van der Waals surface area contributed by atoms with Gasteiger partial charge in [-0.15, -0.1) is 24.8 Å². The van der Waals surface area contributed by atoms with E-state index in [1.165, 1.54) is 10.8 Å². The number of carbonyl (C=O) groups excluding carboxylic acids is 1. The van der Waals surface area contributed by atoms with Gasteiger partial charge in [-0.2, -0.15) is 0 Å². The molecule has 9 nitrogen and oxygen atoms in total. The van der Waals surface area contributed by atoms with Crippen molar-refractivity contribution in [2.24, 2.45) is 0 Å². The predicted octanol–water partition coefficient (Wildman–Crippen LogP) is 2.93. The third kappa shape index (κ3) is 5.37. The Morgan fingerprint density at radius 2 is 1.97 bits per heavy atom. The molecule has 0 unspecified atom stereocenters. The molecule has 3 heterocycles. The molecule has 0 bridgehead atoms. The molecule has 1 aliphatic heterocycles. The van der Waals surface area contributed by atoms with Gasteiger partial charge in [0.15, 0.2) is 11.9 Å². The number of nitrogens with zero attached hydrogens (tertiary/aromatic N) is 3. The third-order valence-corrected chi connectivity index (χ3v) is 5.29. The van der Waals surface area contributed by atoms with Gasteiger partial charge in [-0.25, -0.2) is 9.97 Å². The van der Waals surface area contributed by atoms with Gasteiger partial charge in [0.2, 0.25) is 11.8 Å². The Hall–Kier alpha value is -3.30. The molecule has 0 radical (unpaired) electrons. The molecule has 0 fully saturated rings. The van der Waals surface area contributed by atoms with Crippen LogP contribution >= 0.6 is 24.8 Å². The zero-order chi connectivity index (χ0) is 22.0. The SMILES string of the molecule is CCc1ccccc1Nc1ncc2n(c1=O)[C@H](C(=O)NCc1ccc(N)nc1C)CO2.Cl.Cl. The first kappa shape index (κ1) is 26.0. The zero-order valence-corrected chi connectivity index (χ0v) is 19.8. The lowest BCUT2D eigenvalue weighted by molar-refractivity contribution is -0.124. The number of aryl methyl sites for hydroxylation is 2. The molecule has 4 rings (SSSR count). The number of anilines is 3. The number of ether oxygens (including phenoxy) is 1. The van der Waals surface area contributed by atoms with Gasteiger partial charge >= 0.3 is 0 Å². The van der Waals surface area contributed by atoms with Crippen molar-refractivity contribution in [1.29, 1.82) is 0 Å². The smallest absolute Gasteiger partial charge is 0.297 e. The molecular weight excluding hydrogens is 467 g/mol. The number of benzene rings is 1. The van der Waals surface area contributed by atoms with E-state index in [0.29, 0.717) is 5.82 Å². The molecule has 2 aromatic heterocycles. The van der Waals surface area contributed by atoms with Gasteiger partial charge in [0.05, 0.1) is 6.20 Å². The summed E-state index contributed by atoms with van der Waals surface area (Å²) in [5, 5.41) is 5.96. The van der Waals surface area contributed by atoms with Gasteiger partial charge in [0.25, 0.3) is 5.56 Å². The van der Waals surface area contributed by atoms with E-state index in [2.05, 4.69) is 20.6 Å². The lowest BCUT2D eigenvalue weighted by Crippen LogP contribution is -2.37. The first-order valence-corrected chi connectivity index (χ1v) is 10.1. The summed E-state index contributed by atoms with van der Waals surface area (Å²) in [6.07, 6.45) is 2.27. The standard InChI is InChI=1S/C22H24N6O3.2ClH/c1-3-14-6-4-5-7-16(14)27-20-22(30)28-17(12-31-19(28)11-24-20)21(29)25-10-15-8-9-18(23)26-13(15)2;;/h4-9,11,17H,3,10,12H2,1-2H3,(H2,23,26)(H,24,27)(H,25,29);2*1H/t17-;;/m0../s1. The third-order valence-electron chi connectivity index (χ3n) is 5.29. The molecule has 3 aromatic rings. The van der Waals surface area contributed by atoms with Crippen LogP contribution in [0.25, 0.3) is 0 Å². The Labute approximate surface area is 203 Å². The molecule has 0 aliphatic carbocycles. The summed E-state index contributed by atoms with van der Waals surface area (Å²) in [5.41, 5.74) is 8.72. The highest BCUT2D eigenvalue weighted by atomic mass is 35.5. The molecule has 1 amide bonds. The molecule has 176 valence electrons. The number of nitrogen functional groups attached to an aromatic ring is 1. The van der Waals surface area contributed by atoms with Gasteiger partial charge in [-0.1, -0.05) is 31.2 Å². The second-order valence-corrected chi connectivity index (χ2v) is 7.28. The van der Waals surface area contributed by atoms with E-state index < -0.39 is 11.6 Å². The second-order valence-electron chi connectivity index (χ2n) is 7.28. The van der Waals surface area contributed by atoms with Crippen LogP contribution in [0.4, 0.5) is 17.3 Å². The molecule has 4 N–H and O–H groups in total. The number of para-hydroxylation sites is 1. The van der Waals surface area contributed by atoms with E-state index in [1.54, 1.807) is 6.07 Å². The van der Waals surface area contributed by atoms with Crippen LogP contribution in [0.15, 0.2) is 47.4 Å². The van der Waals surface area contributed by atoms with E-state index in [1.807, 2.05) is 44.2 Å². The predicted molar refractivity (Wildman–Crippen MR) is 132 cm³/mol. The minimum absolute atomic E-state index is 0. The zero-order valence-electron chi connectivity index (χ0n) is 18.2. The number of halogens is 2. The molecule has 0 saturated heterocycles. The summed E-state index contributed by atoms with van der Waals surface area (Å²) in [5.74, 6) is 0.522. The van der Waals surface area contributed by atoms with Crippen molar-refractivity contribution in [1.82, 2.24) is 19.9 Å². The number of aromatic nitrogens is 3. The molecule has 1 aromatic carbocycles. The van der Waals surface area contributed by atoms with Crippen molar-refractivity contribution in [2.45, 2.75) is 32.9 Å². The van der Waals surface area contributed by atoms with Crippen molar-refractivity contribution < 1.29 is 9.53 Å². The Morgan fingerprint density at radius 1 is 1.21 bits per heavy atom. The second kappa shape index (κ2) is 11.0. The molecule has 33 heavy (non-hydrogen) atoms. The molecular formula is C22H26Cl2N6O3. The maximum absolute atomic E-state index is 13.1. The Bertz CT molecular complexity index is 1200. The lowest BCUT2D eigenvalue weighted by Gasteiger charge is -2.14. The van der Waals surface area contributed by atoms with Crippen molar-refractivity contribution in [3.63, 3.8) is 0 Å². The van der Waals surface area contributed by atoms with Crippen molar-refractivity contribution in [2.75, 3.05) is 17.7 Å². The van der Waals surface area contributed by atoms with E-state index in [4.69, 9.17) is 10.5 Å². The number of pyridine rings is 1. The van der Waals surface area contributed by atoms with Crippen molar-refractivity contribution >= 4 is 48.0 Å². The molecule has 11 heteroatoms. The van der Waals surface area contributed by atoms with Crippen LogP contribution in [-0.2, 0) is 17.8 Å². The number of amides is 1. The van der Waals surface area contributed by atoms with Crippen LogP contribution in [0.2, 0.25) is 0 Å². The highest BCUT2D eigenvalue weighted by molar-refractivity contribution is 5.85. The molecule has 1 aliphatic rings. The van der Waals surface area contributed by atoms with Crippen LogP contribution < -0.4 is 26.7 Å². The monoisotopic (exact) mass is 492 g/mol. The summed E-state index contributed by atoms with van der Waals surface area (Å²) >= 11 is 0. The van der Waals surface area contributed by atoms with Crippen LogP contribution in [0.3, 0.4) is 0 Å². The highest BCUT2D eigenvalue weighted by Crippen LogP contribution is 2.25. The Balaban J connectivity index is 0.00000193. The average molecular weight is 493 g/mol. The highest BCUT2D eigenvalue weighted by Gasteiger charge is 2.32. The van der Waals surface area contributed by atoms with E-state index in [-0.39, 0.29) is 55.6 Å². The van der Waals surface area contributed by atoms with E-state index >= 15 is 0 Å². The fourth-order valence-corrected chi connectivity index (χ4v) is 3.55. The Morgan fingerprint density at radius 3 is 2.70 bits per heavy atom. The topological polar surface area (TPSA) is 124 Å². The van der Waals surface area contributed by atoms with Gasteiger partial charge in [0.1, 0.15) is 12.4 Å². The lowest BCUT2D eigenvalue weighted by atomic mass is 10.1. The van der Waals surface area contributed by atoms with Crippen molar-refractivity contribution in [3.8, 4) is 5.88 Å². The maximum Gasteiger partial charge on any atom is 0.297 e. The fraction of sp³-hybridized carbons (Fsp3) is 0.273. The maximum atomic E-state index is 13.1. The number of nitrogens with two attached hydrogens (primary N) is 1. The van der Waals surface area contributed by atoms with Gasteiger partial charge in [0, 0.05) is 17.9 Å². The first-order chi connectivity index (χ1) is 15.0. The number of nitrogens with one attached hydrogen (secondary N) is 2. The minimum atomic E-state index is -0.783. The average Bonchev–Trinajstić information content (AvgIpc) is 3.20. The summed E-state index contributed by atoms with van der Waals surface area (Å²) in [6, 6.07) is 10.4. The number of hydrogen-bond acceptors (Lipinski definition) is 7. The largest absolute Gasteiger partial charge is 0.475 e. The van der Waals surface area contributed by atoms with Crippen LogP contribution in [-0.4, -0.2) is 27.0 Å². The quantitative estimate of drug-likeness (QED) is 0.482. The van der Waals surface area contributed by atoms with Gasteiger partial charge in [-0.05, 0) is 36.6 Å². The summed E-state index contributed by atoms with van der Waals surface area (Å²) in [7, 11) is 0. The van der Waals surface area contributed by atoms with Crippen LogP contribution in [0, 0.1) is 6.92 Å². The van der Waals surface area contributed by atoms with Gasteiger partial charge < -0.3 is 21.1 Å². The molecule has 0 spiro atoms. The molecule has 0 saturated carbocycles. The number of rotatable bonds is 6. The normalized spacial score (nSPS) is 13.7. The fourth-order valence-electron chi connectivity index (χ4n) is 3.55. The first-order valence-electron chi connectivity index (χ1n) is 10.1. The van der Waals surface area contributed by atoms with Crippen molar-refractivity contribution in [3.05, 3.63) is 69.8 Å². The number of fused-ring (bicyclic) bond motifs is 1.